The summed E-state index contributed by atoms with van der Waals surface area (Å²) in [7, 11) is 3.00. The first-order chi connectivity index (χ1) is 6.44. The summed E-state index contributed by atoms with van der Waals surface area (Å²) < 4.78 is 0. The first-order valence-corrected chi connectivity index (χ1v) is 4.58. The maximum atomic E-state index is 11.1. The average molecular weight is 201 g/mol. The van der Waals surface area contributed by atoms with Crippen LogP contribution in [0, 0.1) is 5.92 Å². The molecule has 0 spiro atoms. The first-order valence-electron chi connectivity index (χ1n) is 4.58. The molecule has 1 fully saturated rings. The number of likely N-dealkylation sites (N-methyl/N-ethyl adjacent to an activating group) is 1. The Morgan fingerprint density at radius 2 is 1.64 bits per heavy atom. The molecule has 0 atom stereocenters. The molecule has 0 aliphatic heterocycles. The van der Waals surface area contributed by atoms with Crippen LogP contribution in [0.15, 0.2) is 0 Å². The van der Waals surface area contributed by atoms with Gasteiger partial charge in [0, 0.05) is 0 Å². The van der Waals surface area contributed by atoms with Crippen molar-refractivity contribution in [2.24, 2.45) is 5.92 Å². The summed E-state index contributed by atoms with van der Waals surface area (Å²) in [4.78, 5) is 23.5. The van der Waals surface area contributed by atoms with E-state index in [4.69, 9.17) is 10.2 Å². The molecule has 0 saturated heterocycles. The SMILES string of the molecule is CN(C)C(C(=O)O)(C(=O)O)C1CCC1. The first kappa shape index (κ1) is 11.0. The summed E-state index contributed by atoms with van der Waals surface area (Å²) in [6.45, 7) is 0. The number of carboxylic acids is 2. The number of hydrogen-bond acceptors (Lipinski definition) is 3. The lowest BCUT2D eigenvalue weighted by atomic mass is 9.70. The molecule has 0 aromatic carbocycles. The molecule has 0 unspecified atom stereocenters. The lowest BCUT2D eigenvalue weighted by molar-refractivity contribution is -0.173. The molecular formula is C9H15NO4. The van der Waals surface area contributed by atoms with Crippen molar-refractivity contribution in [3.8, 4) is 0 Å². The number of nitrogens with zero attached hydrogens (tertiary/aromatic N) is 1. The van der Waals surface area contributed by atoms with Crippen LogP contribution in [0.3, 0.4) is 0 Å². The molecule has 14 heavy (non-hydrogen) atoms. The highest BCUT2D eigenvalue weighted by Gasteiger charge is 2.56. The van der Waals surface area contributed by atoms with Crippen LogP contribution in [-0.2, 0) is 9.59 Å². The maximum absolute atomic E-state index is 11.1. The number of carboxylic acid groups (broad SMARTS) is 2. The van der Waals surface area contributed by atoms with Crippen LogP contribution in [-0.4, -0.2) is 46.7 Å². The van der Waals surface area contributed by atoms with Gasteiger partial charge in [0.25, 0.3) is 0 Å². The van der Waals surface area contributed by atoms with E-state index in [1.165, 1.54) is 19.0 Å². The van der Waals surface area contributed by atoms with Crippen molar-refractivity contribution in [1.29, 1.82) is 0 Å². The van der Waals surface area contributed by atoms with Crippen LogP contribution in [0.25, 0.3) is 0 Å². The van der Waals surface area contributed by atoms with Crippen molar-refractivity contribution >= 4 is 11.9 Å². The molecule has 1 aliphatic carbocycles. The van der Waals surface area contributed by atoms with E-state index < -0.39 is 17.5 Å². The molecule has 5 heteroatoms. The van der Waals surface area contributed by atoms with Crippen molar-refractivity contribution in [3.05, 3.63) is 0 Å². The Balaban J connectivity index is 3.07. The van der Waals surface area contributed by atoms with Crippen molar-refractivity contribution in [1.82, 2.24) is 4.90 Å². The minimum atomic E-state index is -1.74. The second kappa shape index (κ2) is 3.57. The third-order valence-corrected chi connectivity index (χ3v) is 3.05. The predicted octanol–water partition coefficient (Wildman–Crippen LogP) is 0.256. The van der Waals surface area contributed by atoms with Gasteiger partial charge in [-0.15, -0.1) is 0 Å². The minimum absolute atomic E-state index is 0.271. The standard InChI is InChI=1S/C9H15NO4/c1-10(2)9(7(11)12,8(13)14)6-4-3-5-6/h6H,3-5H2,1-2H3,(H,11,12)(H,13,14). The van der Waals surface area contributed by atoms with Crippen molar-refractivity contribution in [2.75, 3.05) is 14.1 Å². The van der Waals surface area contributed by atoms with Gasteiger partial charge in [-0.25, -0.2) is 9.59 Å². The number of carbonyl (C=O) groups is 2. The summed E-state index contributed by atoms with van der Waals surface area (Å²) in [5.74, 6) is -2.80. The van der Waals surface area contributed by atoms with Gasteiger partial charge in [-0.05, 0) is 32.9 Å². The van der Waals surface area contributed by atoms with Crippen LogP contribution < -0.4 is 0 Å². The fourth-order valence-corrected chi connectivity index (χ4v) is 2.01. The summed E-state index contributed by atoms with van der Waals surface area (Å²) in [5, 5.41) is 18.2. The minimum Gasteiger partial charge on any atom is -0.479 e. The van der Waals surface area contributed by atoms with Crippen molar-refractivity contribution < 1.29 is 19.8 Å². The van der Waals surface area contributed by atoms with E-state index in [0.717, 1.165) is 6.42 Å². The zero-order valence-electron chi connectivity index (χ0n) is 8.36. The Kier molecular flexibility index (Phi) is 2.80. The Labute approximate surface area is 82.3 Å². The predicted molar refractivity (Wildman–Crippen MR) is 49.0 cm³/mol. The van der Waals surface area contributed by atoms with Crippen LogP contribution in [0.1, 0.15) is 19.3 Å². The second-order valence-corrected chi connectivity index (χ2v) is 3.90. The van der Waals surface area contributed by atoms with E-state index in [1.807, 2.05) is 0 Å². The Hall–Kier alpha value is -1.10. The van der Waals surface area contributed by atoms with E-state index in [9.17, 15) is 9.59 Å². The number of hydrogen-bond donors (Lipinski definition) is 2. The molecule has 5 nitrogen and oxygen atoms in total. The fourth-order valence-electron chi connectivity index (χ4n) is 2.01. The van der Waals surface area contributed by atoms with Gasteiger partial charge in [0.2, 0.25) is 5.54 Å². The molecule has 0 amide bonds. The smallest absolute Gasteiger partial charge is 0.336 e. The number of rotatable bonds is 4. The lowest BCUT2D eigenvalue weighted by Crippen LogP contribution is -2.63. The highest BCUT2D eigenvalue weighted by Crippen LogP contribution is 2.39. The highest BCUT2D eigenvalue weighted by molar-refractivity contribution is 6.03. The topological polar surface area (TPSA) is 77.8 Å². The molecule has 80 valence electrons. The Bertz CT molecular complexity index is 244. The van der Waals surface area contributed by atoms with E-state index in [0.29, 0.717) is 12.8 Å². The molecule has 2 N–H and O–H groups in total. The normalized spacial score (nSPS) is 17.9. The second-order valence-electron chi connectivity index (χ2n) is 3.90. The van der Waals surface area contributed by atoms with Gasteiger partial charge in [0.1, 0.15) is 0 Å². The molecule has 0 heterocycles. The highest BCUT2D eigenvalue weighted by atomic mass is 16.4. The molecule has 1 aliphatic rings. The molecule has 1 rings (SSSR count). The zero-order chi connectivity index (χ0) is 10.9. The molecule has 1 saturated carbocycles. The van der Waals surface area contributed by atoms with E-state index >= 15 is 0 Å². The molecule has 0 radical (unpaired) electrons. The maximum Gasteiger partial charge on any atom is 0.336 e. The van der Waals surface area contributed by atoms with Crippen LogP contribution >= 0.6 is 0 Å². The Morgan fingerprint density at radius 1 is 1.21 bits per heavy atom. The van der Waals surface area contributed by atoms with Gasteiger partial charge in [0.05, 0.1) is 0 Å². The van der Waals surface area contributed by atoms with E-state index in [-0.39, 0.29) is 5.92 Å². The quantitative estimate of drug-likeness (QED) is 0.638. The van der Waals surface area contributed by atoms with Crippen LogP contribution in [0.4, 0.5) is 0 Å². The fraction of sp³-hybridized carbons (Fsp3) is 0.778. The number of aliphatic carboxylic acids is 2. The molecular weight excluding hydrogens is 186 g/mol. The molecule has 0 aromatic heterocycles. The van der Waals surface area contributed by atoms with Gasteiger partial charge in [-0.2, -0.15) is 0 Å². The van der Waals surface area contributed by atoms with Gasteiger partial charge >= 0.3 is 11.9 Å². The molecule has 0 aromatic rings. The summed E-state index contributed by atoms with van der Waals surface area (Å²) in [5.41, 5.74) is -1.74. The summed E-state index contributed by atoms with van der Waals surface area (Å²) >= 11 is 0. The van der Waals surface area contributed by atoms with Gasteiger partial charge < -0.3 is 10.2 Å². The van der Waals surface area contributed by atoms with Crippen LogP contribution in [0.5, 0.6) is 0 Å². The largest absolute Gasteiger partial charge is 0.479 e. The molecule has 0 bridgehead atoms. The average Bonchev–Trinajstić information content (AvgIpc) is 1.93. The van der Waals surface area contributed by atoms with Crippen molar-refractivity contribution in [2.45, 2.75) is 24.8 Å². The van der Waals surface area contributed by atoms with Gasteiger partial charge in [-0.1, -0.05) is 6.42 Å². The van der Waals surface area contributed by atoms with Gasteiger partial charge in [0.15, 0.2) is 0 Å². The van der Waals surface area contributed by atoms with E-state index in [2.05, 4.69) is 0 Å². The monoisotopic (exact) mass is 201 g/mol. The van der Waals surface area contributed by atoms with Crippen molar-refractivity contribution in [3.63, 3.8) is 0 Å². The Morgan fingerprint density at radius 3 is 1.71 bits per heavy atom. The summed E-state index contributed by atoms with van der Waals surface area (Å²) in [6, 6.07) is 0. The van der Waals surface area contributed by atoms with Crippen LogP contribution in [0.2, 0.25) is 0 Å². The van der Waals surface area contributed by atoms with Gasteiger partial charge in [-0.3, -0.25) is 4.90 Å². The third-order valence-electron chi connectivity index (χ3n) is 3.05. The summed E-state index contributed by atoms with van der Waals surface area (Å²) in [6.07, 6.45) is 2.27. The third kappa shape index (κ3) is 1.28. The van der Waals surface area contributed by atoms with E-state index in [1.54, 1.807) is 0 Å². The zero-order valence-corrected chi connectivity index (χ0v) is 8.36. The lowest BCUT2D eigenvalue weighted by Gasteiger charge is -2.42.